The van der Waals surface area contributed by atoms with Gasteiger partial charge in [0.1, 0.15) is 11.8 Å². The fourth-order valence-electron chi connectivity index (χ4n) is 1.42. The molecule has 0 aliphatic heterocycles. The molecule has 0 amide bonds. The Labute approximate surface area is 149 Å². The van der Waals surface area contributed by atoms with Crippen molar-refractivity contribution in [3.05, 3.63) is 22.3 Å². The van der Waals surface area contributed by atoms with Crippen LogP contribution in [0.3, 0.4) is 0 Å². The molecule has 1 aromatic rings. The van der Waals surface area contributed by atoms with Crippen LogP contribution in [0.1, 0.15) is 19.5 Å². The maximum absolute atomic E-state index is 12.8. The summed E-state index contributed by atoms with van der Waals surface area (Å²) in [6.07, 6.45) is -3.70. The summed E-state index contributed by atoms with van der Waals surface area (Å²) >= 11 is 2.89. The zero-order valence-corrected chi connectivity index (χ0v) is 14.9. The van der Waals surface area contributed by atoms with E-state index in [1.165, 1.54) is 23.5 Å². The van der Waals surface area contributed by atoms with Crippen molar-refractivity contribution in [2.24, 2.45) is 0 Å². The number of aromatic nitrogens is 2. The molecule has 0 atom stereocenters. The Balaban J connectivity index is 2.95. The molecule has 25 heavy (non-hydrogen) atoms. The number of nitrogens with zero attached hydrogens (tertiary/aromatic N) is 3. The summed E-state index contributed by atoms with van der Waals surface area (Å²) in [5.74, 6) is -4.02. The van der Waals surface area contributed by atoms with E-state index in [2.05, 4.69) is 14.7 Å². The van der Waals surface area contributed by atoms with Gasteiger partial charge in [-0.25, -0.2) is 9.97 Å². The third-order valence-corrected chi connectivity index (χ3v) is 4.78. The van der Waals surface area contributed by atoms with E-state index in [1.54, 1.807) is 0 Å². The number of alkyl halides is 5. The van der Waals surface area contributed by atoms with Crippen molar-refractivity contribution in [1.82, 2.24) is 9.97 Å². The smallest absolute Gasteiger partial charge is 0.456 e. The largest absolute Gasteiger partial charge is 0.470 e. The van der Waals surface area contributed by atoms with Gasteiger partial charge < -0.3 is 4.74 Å². The summed E-state index contributed by atoms with van der Waals surface area (Å²) in [7, 11) is 0. The normalized spacial score (nSPS) is 11.8. The van der Waals surface area contributed by atoms with Gasteiger partial charge in [0.15, 0.2) is 6.61 Å². The zero-order valence-electron chi connectivity index (χ0n) is 13.2. The van der Waals surface area contributed by atoms with Crippen LogP contribution >= 0.6 is 23.5 Å². The Hall–Kier alpha value is -1.54. The van der Waals surface area contributed by atoms with Gasteiger partial charge in [0, 0.05) is 0 Å². The summed E-state index contributed by atoms with van der Waals surface area (Å²) in [6, 6.07) is 2.01. The molecule has 0 unspecified atom stereocenters. The highest BCUT2D eigenvalue weighted by Gasteiger charge is 2.58. The number of hydrogen-bond donors (Lipinski definition) is 0. The second-order valence-electron chi connectivity index (χ2n) is 4.37. The van der Waals surface area contributed by atoms with Crippen LogP contribution in [0.5, 0.6) is 5.88 Å². The van der Waals surface area contributed by atoms with Crippen LogP contribution in [0.4, 0.5) is 22.0 Å². The summed E-state index contributed by atoms with van der Waals surface area (Å²) < 4.78 is 66.9. The van der Waals surface area contributed by atoms with Crippen molar-refractivity contribution in [1.29, 1.82) is 5.26 Å². The predicted octanol–water partition coefficient (Wildman–Crippen LogP) is 4.75. The summed E-state index contributed by atoms with van der Waals surface area (Å²) in [4.78, 5) is 7.52. The van der Waals surface area contributed by atoms with Crippen molar-refractivity contribution >= 4 is 29.1 Å². The molecule has 0 N–H and O–H groups in total. The minimum absolute atomic E-state index is 0.189. The Morgan fingerprint density at radius 1 is 1.12 bits per heavy atom. The lowest BCUT2D eigenvalue weighted by atomic mass is 10.2. The Morgan fingerprint density at radius 2 is 1.72 bits per heavy atom. The van der Waals surface area contributed by atoms with E-state index in [0.717, 1.165) is 28.1 Å². The summed E-state index contributed by atoms with van der Waals surface area (Å²) in [5, 5.41) is 9.31. The summed E-state index contributed by atoms with van der Waals surface area (Å²) in [5.41, 5.74) is 0.452. The van der Waals surface area contributed by atoms with Crippen molar-refractivity contribution in [2.75, 3.05) is 18.1 Å². The van der Waals surface area contributed by atoms with Gasteiger partial charge >= 0.3 is 12.1 Å². The second-order valence-corrected chi connectivity index (χ2v) is 7.18. The topological polar surface area (TPSA) is 58.8 Å². The average Bonchev–Trinajstić information content (AvgIpc) is 2.54. The first kappa shape index (κ1) is 21.5. The molecule has 138 valence electrons. The molecule has 11 heteroatoms. The molecule has 4 nitrogen and oxygen atoms in total. The lowest BCUT2D eigenvalue weighted by Gasteiger charge is -2.19. The van der Waals surface area contributed by atoms with E-state index in [-0.39, 0.29) is 11.3 Å². The minimum atomic E-state index is -5.71. The number of nitriles is 1. The van der Waals surface area contributed by atoms with Crippen LogP contribution in [-0.2, 0) is 0 Å². The van der Waals surface area contributed by atoms with Gasteiger partial charge in [-0.15, -0.1) is 23.5 Å². The highest BCUT2D eigenvalue weighted by atomic mass is 32.2. The third-order valence-electron chi connectivity index (χ3n) is 2.57. The zero-order chi connectivity index (χ0) is 19.1. The molecule has 0 aliphatic rings. The van der Waals surface area contributed by atoms with Gasteiger partial charge in [-0.1, -0.05) is 13.8 Å². The maximum Gasteiger partial charge on any atom is 0.456 e. The van der Waals surface area contributed by atoms with Crippen molar-refractivity contribution in [3.63, 3.8) is 0 Å². The van der Waals surface area contributed by atoms with Crippen molar-refractivity contribution in [3.8, 4) is 11.9 Å². The van der Waals surface area contributed by atoms with Crippen LogP contribution in [-0.4, -0.2) is 40.2 Å². The molecule has 0 bridgehead atoms. The molecular weight excluding hydrogens is 385 g/mol. The minimum Gasteiger partial charge on any atom is -0.470 e. The van der Waals surface area contributed by atoms with E-state index in [0.29, 0.717) is 0 Å². The molecule has 0 fully saturated rings. The Kier molecular flexibility index (Phi) is 7.95. The van der Waals surface area contributed by atoms with E-state index < -0.39 is 24.6 Å². The highest BCUT2D eigenvalue weighted by Crippen LogP contribution is 2.36. The van der Waals surface area contributed by atoms with Crippen LogP contribution in [0, 0.1) is 11.3 Å². The number of hydrogen-bond acceptors (Lipinski definition) is 6. The number of ether oxygens (including phenoxy) is 1. The average molecular weight is 399 g/mol. The van der Waals surface area contributed by atoms with Crippen LogP contribution in [0.15, 0.2) is 16.6 Å². The fraction of sp³-hybridized carbons (Fsp3) is 0.500. The van der Waals surface area contributed by atoms with E-state index in [4.69, 9.17) is 0 Å². The molecule has 1 heterocycles. The lowest BCUT2D eigenvalue weighted by molar-refractivity contribution is -0.290. The maximum atomic E-state index is 12.8. The molecule has 0 spiro atoms. The Bertz CT molecular complexity index is 633. The van der Waals surface area contributed by atoms with E-state index in [9.17, 15) is 27.2 Å². The quantitative estimate of drug-likeness (QED) is 0.464. The van der Waals surface area contributed by atoms with Gasteiger partial charge in [-0.3, -0.25) is 0 Å². The monoisotopic (exact) mass is 399 g/mol. The first-order valence-electron chi connectivity index (χ1n) is 6.96. The first-order chi connectivity index (χ1) is 11.7. The molecule has 1 rings (SSSR count). The predicted molar refractivity (Wildman–Crippen MR) is 87.3 cm³/mol. The van der Waals surface area contributed by atoms with Gasteiger partial charge in [0.25, 0.3) is 0 Å². The number of allylic oxidation sites excluding steroid dienone is 1. The van der Waals surface area contributed by atoms with E-state index in [1.807, 2.05) is 19.9 Å². The molecular formula is C14H14F5N3OS2. The van der Waals surface area contributed by atoms with Crippen molar-refractivity contribution < 1.29 is 26.7 Å². The molecule has 0 saturated carbocycles. The van der Waals surface area contributed by atoms with Gasteiger partial charge in [0.05, 0.1) is 22.2 Å². The molecule has 0 radical (unpaired) electrons. The SMILES string of the molecule is CCSC(SCC)=C(C#N)c1cnc(OCC(F)(F)C(F)(F)F)cn1. The number of halogens is 5. The molecule has 0 aromatic carbocycles. The van der Waals surface area contributed by atoms with E-state index >= 15 is 0 Å². The van der Waals surface area contributed by atoms with Crippen LogP contribution in [0.25, 0.3) is 5.57 Å². The van der Waals surface area contributed by atoms with Gasteiger partial charge in [0.2, 0.25) is 5.88 Å². The molecule has 0 aliphatic carbocycles. The van der Waals surface area contributed by atoms with Crippen LogP contribution in [0.2, 0.25) is 0 Å². The lowest BCUT2D eigenvalue weighted by Crippen LogP contribution is -2.41. The van der Waals surface area contributed by atoms with Gasteiger partial charge in [-0.2, -0.15) is 27.2 Å². The molecule has 0 saturated heterocycles. The highest BCUT2D eigenvalue weighted by molar-refractivity contribution is 8.22. The second kappa shape index (κ2) is 9.24. The number of thioether (sulfide) groups is 2. The summed E-state index contributed by atoms with van der Waals surface area (Å²) in [6.45, 7) is 1.94. The first-order valence-corrected chi connectivity index (χ1v) is 8.93. The fourth-order valence-corrected chi connectivity index (χ4v) is 3.58. The van der Waals surface area contributed by atoms with Crippen molar-refractivity contribution in [2.45, 2.75) is 25.9 Å². The third kappa shape index (κ3) is 6.04. The Morgan fingerprint density at radius 3 is 2.12 bits per heavy atom. The van der Waals surface area contributed by atoms with Gasteiger partial charge in [-0.05, 0) is 11.5 Å². The van der Waals surface area contributed by atoms with Crippen LogP contribution < -0.4 is 4.74 Å². The number of rotatable bonds is 8. The molecule has 1 aromatic heterocycles. The standard InChI is InChI=1S/C14H14F5N3OS2/c1-3-24-12(25-4-2)9(5-20)10-6-22-11(7-21-10)23-8-13(15,16)14(17,18)19/h6-7H,3-4,8H2,1-2H3.